The molecule has 0 aromatic heterocycles. The average Bonchev–Trinajstić information content (AvgIpc) is 2.15. The maximum Gasteiger partial charge on any atom is 0.327 e. The van der Waals surface area contributed by atoms with Crippen molar-refractivity contribution >= 4 is 17.8 Å². The molecule has 0 radical (unpaired) electrons. The second-order valence-electron chi connectivity index (χ2n) is 3.50. The van der Waals surface area contributed by atoms with E-state index in [0.29, 0.717) is 13.0 Å². The van der Waals surface area contributed by atoms with Crippen LogP contribution in [0.2, 0.25) is 0 Å². The zero-order valence-corrected chi connectivity index (χ0v) is 8.18. The summed E-state index contributed by atoms with van der Waals surface area (Å²) in [5.41, 5.74) is 0. The van der Waals surface area contributed by atoms with Crippen LogP contribution in [-0.4, -0.2) is 45.5 Å². The first kappa shape index (κ1) is 11.5. The van der Waals surface area contributed by atoms with Crippen molar-refractivity contribution in [2.24, 2.45) is 0 Å². The van der Waals surface area contributed by atoms with E-state index >= 15 is 0 Å². The SMILES string of the molecule is O=C(O)CC(C(=O)O)N1CCCCC1=O. The predicted octanol–water partition coefficient (Wildman–Crippen LogP) is -0.0732. The van der Waals surface area contributed by atoms with Crippen molar-refractivity contribution < 1.29 is 24.6 Å². The maximum atomic E-state index is 11.4. The molecule has 15 heavy (non-hydrogen) atoms. The van der Waals surface area contributed by atoms with Gasteiger partial charge in [-0.15, -0.1) is 0 Å². The maximum absolute atomic E-state index is 11.4. The second-order valence-corrected chi connectivity index (χ2v) is 3.50. The minimum atomic E-state index is -1.26. The Balaban J connectivity index is 2.73. The van der Waals surface area contributed by atoms with Gasteiger partial charge in [-0.2, -0.15) is 0 Å². The lowest BCUT2D eigenvalue weighted by Crippen LogP contribution is -2.48. The van der Waals surface area contributed by atoms with Gasteiger partial charge in [-0.1, -0.05) is 0 Å². The van der Waals surface area contributed by atoms with Crippen LogP contribution >= 0.6 is 0 Å². The fraction of sp³-hybridized carbons (Fsp3) is 0.667. The van der Waals surface area contributed by atoms with E-state index in [1.165, 1.54) is 0 Å². The number of nitrogens with zero attached hydrogens (tertiary/aromatic N) is 1. The standard InChI is InChI=1S/C9H13NO5/c11-7-3-1-2-4-10(7)6(9(14)15)5-8(12)13/h6H,1-5H2,(H,12,13)(H,14,15). The molecule has 0 aliphatic carbocycles. The lowest BCUT2D eigenvalue weighted by Gasteiger charge is -2.31. The van der Waals surface area contributed by atoms with Crippen LogP contribution in [0.5, 0.6) is 0 Å². The zero-order valence-electron chi connectivity index (χ0n) is 8.18. The van der Waals surface area contributed by atoms with Gasteiger partial charge in [0.15, 0.2) is 0 Å². The number of hydrogen-bond acceptors (Lipinski definition) is 3. The molecule has 1 heterocycles. The number of rotatable bonds is 4. The highest BCUT2D eigenvalue weighted by atomic mass is 16.4. The van der Waals surface area contributed by atoms with E-state index in [9.17, 15) is 14.4 Å². The summed E-state index contributed by atoms with van der Waals surface area (Å²) in [6.07, 6.45) is 1.24. The Hall–Kier alpha value is -1.59. The number of carboxylic acid groups (broad SMARTS) is 2. The minimum Gasteiger partial charge on any atom is -0.481 e. The van der Waals surface area contributed by atoms with Crippen LogP contribution in [0.1, 0.15) is 25.7 Å². The molecule has 84 valence electrons. The molecule has 1 aliphatic heterocycles. The third-order valence-electron chi connectivity index (χ3n) is 2.39. The van der Waals surface area contributed by atoms with E-state index in [2.05, 4.69) is 0 Å². The average molecular weight is 215 g/mol. The van der Waals surface area contributed by atoms with Gasteiger partial charge in [0.1, 0.15) is 6.04 Å². The van der Waals surface area contributed by atoms with Gasteiger partial charge in [-0.3, -0.25) is 9.59 Å². The number of carboxylic acids is 2. The Labute approximate surface area is 86.5 Å². The first-order valence-corrected chi connectivity index (χ1v) is 4.76. The molecule has 6 heteroatoms. The molecule has 1 aliphatic rings. The molecule has 1 rings (SSSR count). The molecule has 0 saturated carbocycles. The first-order chi connectivity index (χ1) is 7.02. The fourth-order valence-corrected chi connectivity index (χ4v) is 1.65. The second kappa shape index (κ2) is 4.77. The summed E-state index contributed by atoms with van der Waals surface area (Å²) in [7, 11) is 0. The molecule has 1 unspecified atom stereocenters. The molecular formula is C9H13NO5. The van der Waals surface area contributed by atoms with Crippen LogP contribution < -0.4 is 0 Å². The summed E-state index contributed by atoms with van der Waals surface area (Å²) in [5, 5.41) is 17.4. The van der Waals surface area contributed by atoms with Crippen molar-refractivity contribution in [2.75, 3.05) is 6.54 Å². The highest BCUT2D eigenvalue weighted by Gasteiger charge is 2.32. The number of piperidine rings is 1. The van der Waals surface area contributed by atoms with Crippen LogP contribution in [0.3, 0.4) is 0 Å². The summed E-state index contributed by atoms with van der Waals surface area (Å²) in [6.45, 7) is 0.336. The molecule has 1 atom stereocenters. The van der Waals surface area contributed by atoms with Crippen LogP contribution in [-0.2, 0) is 14.4 Å². The summed E-state index contributed by atoms with van der Waals surface area (Å²) >= 11 is 0. The summed E-state index contributed by atoms with van der Waals surface area (Å²) in [4.78, 5) is 33.8. The van der Waals surface area contributed by atoms with E-state index < -0.39 is 24.4 Å². The largest absolute Gasteiger partial charge is 0.481 e. The third kappa shape index (κ3) is 2.93. The van der Waals surface area contributed by atoms with Gasteiger partial charge < -0.3 is 15.1 Å². The number of amides is 1. The Morgan fingerprint density at radius 2 is 2.00 bits per heavy atom. The number of carbonyl (C=O) groups excluding carboxylic acids is 1. The van der Waals surface area contributed by atoms with Gasteiger partial charge >= 0.3 is 11.9 Å². The van der Waals surface area contributed by atoms with Crippen LogP contribution in [0.25, 0.3) is 0 Å². The lowest BCUT2D eigenvalue weighted by atomic mass is 10.1. The van der Waals surface area contributed by atoms with Crippen molar-refractivity contribution in [1.82, 2.24) is 4.90 Å². The normalized spacial score (nSPS) is 18.7. The molecule has 0 aromatic rings. The highest BCUT2D eigenvalue weighted by Crippen LogP contribution is 2.16. The summed E-state index contributed by atoms with van der Waals surface area (Å²) in [5.74, 6) is -2.73. The summed E-state index contributed by atoms with van der Waals surface area (Å²) < 4.78 is 0. The lowest BCUT2D eigenvalue weighted by molar-refractivity contribution is -0.155. The van der Waals surface area contributed by atoms with Crippen molar-refractivity contribution in [3.63, 3.8) is 0 Å². The monoisotopic (exact) mass is 215 g/mol. The van der Waals surface area contributed by atoms with Gasteiger partial charge in [0.05, 0.1) is 6.42 Å². The van der Waals surface area contributed by atoms with E-state index in [1.807, 2.05) is 0 Å². The molecule has 6 nitrogen and oxygen atoms in total. The predicted molar refractivity (Wildman–Crippen MR) is 49.2 cm³/mol. The molecule has 1 saturated heterocycles. The third-order valence-corrected chi connectivity index (χ3v) is 2.39. The van der Waals surface area contributed by atoms with Gasteiger partial charge in [0, 0.05) is 13.0 Å². The van der Waals surface area contributed by atoms with Crippen LogP contribution in [0, 0.1) is 0 Å². The fourth-order valence-electron chi connectivity index (χ4n) is 1.65. The molecule has 1 amide bonds. The van der Waals surface area contributed by atoms with Crippen molar-refractivity contribution in [3.8, 4) is 0 Å². The Morgan fingerprint density at radius 3 is 2.47 bits per heavy atom. The van der Waals surface area contributed by atoms with Gasteiger partial charge in [0.2, 0.25) is 5.91 Å². The molecule has 1 fully saturated rings. The number of likely N-dealkylation sites (tertiary alicyclic amines) is 1. The molecule has 0 spiro atoms. The van der Waals surface area contributed by atoms with E-state index in [4.69, 9.17) is 10.2 Å². The molecule has 0 aromatic carbocycles. The molecular weight excluding hydrogens is 202 g/mol. The number of aliphatic carboxylic acids is 2. The smallest absolute Gasteiger partial charge is 0.327 e. The van der Waals surface area contributed by atoms with Crippen molar-refractivity contribution in [3.05, 3.63) is 0 Å². The topological polar surface area (TPSA) is 94.9 Å². The van der Waals surface area contributed by atoms with Gasteiger partial charge in [-0.05, 0) is 12.8 Å². The summed E-state index contributed by atoms with van der Waals surface area (Å²) in [6, 6.07) is -1.23. The van der Waals surface area contributed by atoms with E-state index in [1.54, 1.807) is 0 Å². The first-order valence-electron chi connectivity index (χ1n) is 4.76. The van der Waals surface area contributed by atoms with Crippen LogP contribution in [0.4, 0.5) is 0 Å². The minimum absolute atomic E-state index is 0.269. The van der Waals surface area contributed by atoms with Crippen molar-refractivity contribution in [1.29, 1.82) is 0 Å². The Morgan fingerprint density at radius 1 is 1.33 bits per heavy atom. The molecule has 2 N–H and O–H groups in total. The molecule has 0 bridgehead atoms. The Bertz CT molecular complexity index is 288. The highest BCUT2D eigenvalue weighted by molar-refractivity contribution is 5.87. The Kier molecular flexibility index (Phi) is 3.65. The zero-order chi connectivity index (χ0) is 11.4. The number of hydrogen-bond donors (Lipinski definition) is 2. The van der Waals surface area contributed by atoms with E-state index in [0.717, 1.165) is 17.7 Å². The van der Waals surface area contributed by atoms with E-state index in [-0.39, 0.29) is 5.91 Å². The quantitative estimate of drug-likeness (QED) is 0.684. The van der Waals surface area contributed by atoms with Gasteiger partial charge in [0.25, 0.3) is 0 Å². The van der Waals surface area contributed by atoms with Crippen molar-refractivity contribution in [2.45, 2.75) is 31.7 Å². The van der Waals surface area contributed by atoms with Crippen LogP contribution in [0.15, 0.2) is 0 Å². The van der Waals surface area contributed by atoms with Gasteiger partial charge in [-0.25, -0.2) is 4.79 Å². The number of carbonyl (C=O) groups is 3.